The number of carbonyl (C=O) groups is 2. The van der Waals surface area contributed by atoms with Gasteiger partial charge in [0.05, 0.1) is 17.5 Å². The molecule has 0 fully saturated rings. The standard InChI is InChI=1S/C14H12BrNO4/c1-9-2-3-12(11(15)6-9)16-13(17)8-20-14(18)10-4-5-19-7-10/h2-7H,8H2,1H3,(H,16,17). The van der Waals surface area contributed by atoms with Crippen molar-refractivity contribution in [1.29, 1.82) is 0 Å². The molecule has 1 aromatic carbocycles. The minimum atomic E-state index is -0.600. The van der Waals surface area contributed by atoms with Crippen LogP contribution in [0.25, 0.3) is 0 Å². The molecule has 6 heteroatoms. The highest BCUT2D eigenvalue weighted by Crippen LogP contribution is 2.23. The highest BCUT2D eigenvalue weighted by Gasteiger charge is 2.12. The van der Waals surface area contributed by atoms with E-state index in [1.165, 1.54) is 18.6 Å². The summed E-state index contributed by atoms with van der Waals surface area (Å²) in [5.41, 5.74) is 1.97. The molecule has 1 heterocycles. The van der Waals surface area contributed by atoms with Gasteiger partial charge in [-0.25, -0.2) is 4.79 Å². The van der Waals surface area contributed by atoms with Crippen LogP contribution < -0.4 is 5.32 Å². The van der Waals surface area contributed by atoms with Gasteiger partial charge in [0.1, 0.15) is 6.26 Å². The fourth-order valence-corrected chi connectivity index (χ4v) is 2.10. The molecule has 0 saturated carbocycles. The first-order valence-corrected chi connectivity index (χ1v) is 6.61. The van der Waals surface area contributed by atoms with Crippen LogP contribution in [0.2, 0.25) is 0 Å². The van der Waals surface area contributed by atoms with Gasteiger partial charge in [-0.15, -0.1) is 0 Å². The maximum Gasteiger partial charge on any atom is 0.341 e. The number of aryl methyl sites for hydroxylation is 1. The lowest BCUT2D eigenvalue weighted by Crippen LogP contribution is -2.21. The molecule has 0 radical (unpaired) electrons. The van der Waals surface area contributed by atoms with Crippen LogP contribution in [0.1, 0.15) is 15.9 Å². The Morgan fingerprint density at radius 2 is 2.15 bits per heavy atom. The fraction of sp³-hybridized carbons (Fsp3) is 0.143. The third-order valence-electron chi connectivity index (χ3n) is 2.49. The van der Waals surface area contributed by atoms with Crippen molar-refractivity contribution in [1.82, 2.24) is 0 Å². The van der Waals surface area contributed by atoms with Crippen molar-refractivity contribution in [2.45, 2.75) is 6.92 Å². The van der Waals surface area contributed by atoms with E-state index in [2.05, 4.69) is 21.2 Å². The fourth-order valence-electron chi connectivity index (χ4n) is 1.50. The summed E-state index contributed by atoms with van der Waals surface area (Å²) in [7, 11) is 0. The van der Waals surface area contributed by atoms with E-state index in [0.717, 1.165) is 10.0 Å². The van der Waals surface area contributed by atoms with E-state index < -0.39 is 11.9 Å². The molecule has 0 saturated heterocycles. The molecule has 20 heavy (non-hydrogen) atoms. The summed E-state index contributed by atoms with van der Waals surface area (Å²) in [6.45, 7) is 1.59. The second-order valence-corrected chi connectivity index (χ2v) is 4.97. The number of hydrogen-bond acceptors (Lipinski definition) is 4. The Hall–Kier alpha value is -2.08. The maximum atomic E-state index is 11.7. The molecule has 0 bridgehead atoms. The van der Waals surface area contributed by atoms with Gasteiger partial charge in [-0.05, 0) is 46.6 Å². The van der Waals surface area contributed by atoms with Crippen LogP contribution in [0.4, 0.5) is 5.69 Å². The number of amides is 1. The molecular weight excluding hydrogens is 326 g/mol. The molecule has 0 aliphatic rings. The van der Waals surface area contributed by atoms with Gasteiger partial charge < -0.3 is 14.5 Å². The predicted octanol–water partition coefficient (Wildman–Crippen LogP) is 3.15. The topological polar surface area (TPSA) is 68.5 Å². The van der Waals surface area contributed by atoms with E-state index in [-0.39, 0.29) is 12.2 Å². The van der Waals surface area contributed by atoms with Crippen LogP contribution in [0.15, 0.2) is 45.7 Å². The number of carbonyl (C=O) groups excluding carboxylic acids is 2. The predicted molar refractivity (Wildman–Crippen MR) is 76.5 cm³/mol. The molecule has 1 aromatic heterocycles. The van der Waals surface area contributed by atoms with Crippen LogP contribution in [0.5, 0.6) is 0 Å². The summed E-state index contributed by atoms with van der Waals surface area (Å²) in [6.07, 6.45) is 2.62. The van der Waals surface area contributed by atoms with Crippen molar-refractivity contribution in [3.8, 4) is 0 Å². The van der Waals surface area contributed by atoms with Crippen LogP contribution in [-0.4, -0.2) is 18.5 Å². The largest absolute Gasteiger partial charge is 0.472 e. The van der Waals surface area contributed by atoms with Gasteiger partial charge in [0.15, 0.2) is 6.61 Å². The van der Waals surface area contributed by atoms with Crippen LogP contribution >= 0.6 is 15.9 Å². The van der Waals surface area contributed by atoms with E-state index in [1.807, 2.05) is 19.1 Å². The smallest absolute Gasteiger partial charge is 0.341 e. The van der Waals surface area contributed by atoms with E-state index in [0.29, 0.717) is 5.69 Å². The number of nitrogens with one attached hydrogen (secondary N) is 1. The minimum absolute atomic E-state index is 0.273. The quantitative estimate of drug-likeness (QED) is 0.870. The highest BCUT2D eigenvalue weighted by molar-refractivity contribution is 9.10. The molecule has 104 valence electrons. The molecule has 1 N–H and O–H groups in total. The summed E-state index contributed by atoms with van der Waals surface area (Å²) in [5.74, 6) is -1.01. The second kappa shape index (κ2) is 6.38. The zero-order chi connectivity index (χ0) is 14.5. The maximum absolute atomic E-state index is 11.7. The minimum Gasteiger partial charge on any atom is -0.472 e. The molecule has 5 nitrogen and oxygen atoms in total. The summed E-state index contributed by atoms with van der Waals surface area (Å²) in [4.78, 5) is 23.2. The molecule has 1 amide bonds. The van der Waals surface area contributed by atoms with Crippen molar-refractivity contribution in [2.75, 3.05) is 11.9 Å². The van der Waals surface area contributed by atoms with E-state index in [1.54, 1.807) is 6.07 Å². The zero-order valence-corrected chi connectivity index (χ0v) is 12.3. The summed E-state index contributed by atoms with van der Waals surface area (Å²) >= 11 is 3.35. The number of rotatable bonds is 4. The van der Waals surface area contributed by atoms with Gasteiger partial charge >= 0.3 is 5.97 Å². The number of benzene rings is 1. The molecule has 0 spiro atoms. The first kappa shape index (κ1) is 14.3. The Morgan fingerprint density at radius 1 is 1.35 bits per heavy atom. The lowest BCUT2D eigenvalue weighted by atomic mass is 10.2. The van der Waals surface area contributed by atoms with Gasteiger partial charge in [0.25, 0.3) is 5.91 Å². The van der Waals surface area contributed by atoms with Crippen LogP contribution in [0, 0.1) is 6.92 Å². The first-order chi connectivity index (χ1) is 9.56. The number of furan rings is 1. The first-order valence-electron chi connectivity index (χ1n) is 5.81. The van der Waals surface area contributed by atoms with E-state index in [4.69, 9.17) is 9.15 Å². The third kappa shape index (κ3) is 3.71. The van der Waals surface area contributed by atoms with Crippen molar-refractivity contribution < 1.29 is 18.7 Å². The van der Waals surface area contributed by atoms with Crippen LogP contribution in [0.3, 0.4) is 0 Å². The lowest BCUT2D eigenvalue weighted by Gasteiger charge is -2.08. The summed E-state index contributed by atoms with van der Waals surface area (Å²) in [6, 6.07) is 7.00. The molecule has 0 unspecified atom stereocenters. The highest BCUT2D eigenvalue weighted by atomic mass is 79.9. The SMILES string of the molecule is Cc1ccc(NC(=O)COC(=O)c2ccoc2)c(Br)c1. The number of halogens is 1. The van der Waals surface area contributed by atoms with Gasteiger partial charge in [-0.1, -0.05) is 6.07 Å². The Balaban J connectivity index is 1.88. The third-order valence-corrected chi connectivity index (χ3v) is 3.15. The van der Waals surface area contributed by atoms with Gasteiger partial charge in [0, 0.05) is 4.47 Å². The average molecular weight is 338 g/mol. The summed E-state index contributed by atoms with van der Waals surface area (Å²) < 4.78 is 10.4. The molecule has 2 aromatic rings. The Kier molecular flexibility index (Phi) is 4.57. The number of ether oxygens (including phenoxy) is 1. The van der Waals surface area contributed by atoms with Crippen molar-refractivity contribution in [3.05, 3.63) is 52.4 Å². The van der Waals surface area contributed by atoms with Crippen molar-refractivity contribution in [3.63, 3.8) is 0 Å². The van der Waals surface area contributed by atoms with E-state index >= 15 is 0 Å². The number of esters is 1. The Morgan fingerprint density at radius 3 is 2.80 bits per heavy atom. The second-order valence-electron chi connectivity index (χ2n) is 4.12. The normalized spacial score (nSPS) is 10.1. The lowest BCUT2D eigenvalue weighted by molar-refractivity contribution is -0.119. The zero-order valence-electron chi connectivity index (χ0n) is 10.7. The van der Waals surface area contributed by atoms with Gasteiger partial charge in [-0.2, -0.15) is 0 Å². The van der Waals surface area contributed by atoms with Gasteiger partial charge in [0.2, 0.25) is 0 Å². The number of anilines is 1. The average Bonchev–Trinajstić information content (AvgIpc) is 2.93. The Labute approximate surface area is 124 Å². The van der Waals surface area contributed by atoms with Crippen molar-refractivity contribution >= 4 is 33.5 Å². The monoisotopic (exact) mass is 337 g/mol. The van der Waals surface area contributed by atoms with Crippen LogP contribution in [-0.2, 0) is 9.53 Å². The van der Waals surface area contributed by atoms with Crippen molar-refractivity contribution in [2.24, 2.45) is 0 Å². The van der Waals surface area contributed by atoms with Gasteiger partial charge in [-0.3, -0.25) is 4.79 Å². The molecule has 0 aliphatic carbocycles. The Bertz CT molecular complexity index is 622. The molecule has 2 rings (SSSR count). The van der Waals surface area contributed by atoms with E-state index in [9.17, 15) is 9.59 Å². The molecular formula is C14H12BrNO4. The summed E-state index contributed by atoms with van der Waals surface area (Å²) in [5, 5.41) is 2.65. The molecule has 0 atom stereocenters. The number of hydrogen-bond donors (Lipinski definition) is 1. The molecule has 0 aliphatic heterocycles.